The van der Waals surface area contributed by atoms with Gasteiger partial charge < -0.3 is 15.4 Å². The quantitative estimate of drug-likeness (QED) is 0.645. The molecule has 0 aromatic heterocycles. The van der Waals surface area contributed by atoms with Crippen LogP contribution in [-0.4, -0.2) is 19.1 Å². The van der Waals surface area contributed by atoms with Crippen molar-refractivity contribution < 1.29 is 9.53 Å². The Balaban J connectivity index is 2.04. The molecule has 0 aliphatic heterocycles. The molecule has 6 heteroatoms. The number of rotatable bonds is 5. The Labute approximate surface area is 122 Å². The van der Waals surface area contributed by atoms with Gasteiger partial charge in [0, 0.05) is 17.9 Å². The highest BCUT2D eigenvalue weighted by molar-refractivity contribution is 6.32. The van der Waals surface area contributed by atoms with E-state index in [1.165, 1.54) is 13.3 Å². The zero-order valence-electron chi connectivity index (χ0n) is 10.9. The number of benzene rings is 1. The summed E-state index contributed by atoms with van der Waals surface area (Å²) in [5, 5.41) is 15.0. The summed E-state index contributed by atoms with van der Waals surface area (Å²) in [5.41, 5.74) is 0.539. The first-order chi connectivity index (χ1) is 9.63. The number of hydrogen-bond acceptors (Lipinski definition) is 4. The van der Waals surface area contributed by atoms with Crippen LogP contribution in [-0.2, 0) is 4.79 Å². The van der Waals surface area contributed by atoms with E-state index in [9.17, 15) is 4.79 Å². The van der Waals surface area contributed by atoms with Crippen molar-refractivity contribution in [1.29, 1.82) is 5.26 Å². The first-order valence-electron chi connectivity index (χ1n) is 6.15. The molecular weight excluding hydrogens is 278 g/mol. The fourth-order valence-electron chi connectivity index (χ4n) is 1.54. The van der Waals surface area contributed by atoms with Gasteiger partial charge in [-0.05, 0) is 31.0 Å². The summed E-state index contributed by atoms with van der Waals surface area (Å²) in [5.74, 6) is 0.0537. The minimum absolute atomic E-state index is 0.0313. The van der Waals surface area contributed by atoms with Gasteiger partial charge in [-0.3, -0.25) is 4.79 Å². The van der Waals surface area contributed by atoms with Crippen LogP contribution in [0.2, 0.25) is 5.02 Å². The molecule has 1 aromatic rings. The van der Waals surface area contributed by atoms with Crippen LogP contribution in [0.15, 0.2) is 30.0 Å². The summed E-state index contributed by atoms with van der Waals surface area (Å²) in [6.45, 7) is 0. The second-order valence-electron chi connectivity index (χ2n) is 4.41. The molecule has 1 aliphatic carbocycles. The zero-order chi connectivity index (χ0) is 14.5. The molecule has 0 heterocycles. The maximum atomic E-state index is 11.9. The molecule has 1 saturated carbocycles. The van der Waals surface area contributed by atoms with Gasteiger partial charge in [0.05, 0.1) is 12.1 Å². The molecule has 0 atom stereocenters. The number of hydrogen-bond donors (Lipinski definition) is 2. The van der Waals surface area contributed by atoms with Crippen LogP contribution in [0.1, 0.15) is 12.8 Å². The van der Waals surface area contributed by atoms with Gasteiger partial charge in [-0.2, -0.15) is 5.26 Å². The Morgan fingerprint density at radius 3 is 2.85 bits per heavy atom. The molecule has 5 nitrogen and oxygen atoms in total. The lowest BCUT2D eigenvalue weighted by molar-refractivity contribution is -0.112. The molecule has 0 bridgehead atoms. The molecule has 0 saturated heterocycles. The largest absolute Gasteiger partial charge is 0.495 e. The normalized spacial score (nSPS) is 14.3. The van der Waals surface area contributed by atoms with Gasteiger partial charge in [-0.25, -0.2) is 0 Å². The first kappa shape index (κ1) is 14.2. The van der Waals surface area contributed by atoms with E-state index in [2.05, 4.69) is 10.6 Å². The van der Waals surface area contributed by atoms with Crippen LogP contribution in [0.4, 0.5) is 5.69 Å². The molecule has 1 amide bonds. The van der Waals surface area contributed by atoms with Crippen molar-refractivity contribution >= 4 is 23.2 Å². The minimum Gasteiger partial charge on any atom is -0.495 e. The van der Waals surface area contributed by atoms with Crippen molar-refractivity contribution in [3.8, 4) is 11.8 Å². The molecule has 1 fully saturated rings. The average Bonchev–Trinajstić information content (AvgIpc) is 3.24. The lowest BCUT2D eigenvalue weighted by atomic mass is 10.2. The summed E-state index contributed by atoms with van der Waals surface area (Å²) >= 11 is 5.97. The topological polar surface area (TPSA) is 74.1 Å². The van der Waals surface area contributed by atoms with E-state index in [1.54, 1.807) is 18.2 Å². The number of amides is 1. The van der Waals surface area contributed by atoms with Gasteiger partial charge in [-0.1, -0.05) is 11.6 Å². The van der Waals surface area contributed by atoms with E-state index in [4.69, 9.17) is 21.6 Å². The SMILES string of the molecule is COc1ccc(NC(=O)/C(C#N)=C\NC2CC2)cc1Cl. The number of carbonyl (C=O) groups excluding carboxylic acids is 1. The number of nitrogens with zero attached hydrogens (tertiary/aromatic N) is 1. The number of carbonyl (C=O) groups is 1. The second-order valence-corrected chi connectivity index (χ2v) is 4.82. The third-order valence-electron chi connectivity index (χ3n) is 2.82. The molecular formula is C14H14ClN3O2. The molecule has 0 spiro atoms. The fraction of sp³-hybridized carbons (Fsp3) is 0.286. The lowest BCUT2D eigenvalue weighted by Crippen LogP contribution is -2.17. The van der Waals surface area contributed by atoms with Crippen molar-refractivity contribution in [2.75, 3.05) is 12.4 Å². The van der Waals surface area contributed by atoms with Crippen molar-refractivity contribution in [1.82, 2.24) is 5.32 Å². The molecule has 1 aliphatic rings. The summed E-state index contributed by atoms with van der Waals surface area (Å²) in [7, 11) is 1.51. The van der Waals surface area contributed by atoms with Gasteiger partial charge in [0.1, 0.15) is 17.4 Å². The summed E-state index contributed by atoms with van der Waals surface area (Å²) in [4.78, 5) is 11.9. The van der Waals surface area contributed by atoms with Crippen LogP contribution in [0.5, 0.6) is 5.75 Å². The van der Waals surface area contributed by atoms with Crippen molar-refractivity contribution in [2.45, 2.75) is 18.9 Å². The van der Waals surface area contributed by atoms with E-state index in [1.807, 2.05) is 6.07 Å². The Bertz CT molecular complexity index is 589. The smallest absolute Gasteiger partial charge is 0.267 e. The van der Waals surface area contributed by atoms with E-state index >= 15 is 0 Å². The molecule has 2 N–H and O–H groups in total. The molecule has 0 radical (unpaired) electrons. The summed E-state index contributed by atoms with van der Waals surface area (Å²) in [6, 6.07) is 7.14. The van der Waals surface area contributed by atoms with Crippen molar-refractivity contribution in [2.24, 2.45) is 0 Å². The monoisotopic (exact) mass is 291 g/mol. The average molecular weight is 292 g/mol. The highest BCUT2D eigenvalue weighted by Crippen LogP contribution is 2.27. The van der Waals surface area contributed by atoms with E-state index in [0.29, 0.717) is 22.5 Å². The molecule has 1 aromatic carbocycles. The van der Waals surface area contributed by atoms with E-state index in [0.717, 1.165) is 12.8 Å². The molecule has 20 heavy (non-hydrogen) atoms. The number of nitriles is 1. The van der Waals surface area contributed by atoms with Crippen molar-refractivity contribution in [3.63, 3.8) is 0 Å². The molecule has 0 unspecified atom stereocenters. The van der Waals surface area contributed by atoms with Gasteiger partial charge in [0.2, 0.25) is 0 Å². The predicted molar refractivity (Wildman–Crippen MR) is 76.5 cm³/mol. The Kier molecular flexibility index (Phi) is 4.49. The third kappa shape index (κ3) is 3.65. The number of nitrogens with one attached hydrogen (secondary N) is 2. The van der Waals surface area contributed by atoms with Crippen molar-refractivity contribution in [3.05, 3.63) is 35.0 Å². The Morgan fingerprint density at radius 1 is 1.55 bits per heavy atom. The van der Waals surface area contributed by atoms with Gasteiger partial charge in [-0.15, -0.1) is 0 Å². The van der Waals surface area contributed by atoms with Gasteiger partial charge >= 0.3 is 0 Å². The van der Waals surface area contributed by atoms with Crippen LogP contribution in [0, 0.1) is 11.3 Å². The van der Waals surface area contributed by atoms with Gasteiger partial charge in [0.25, 0.3) is 5.91 Å². The number of ether oxygens (including phenoxy) is 1. The highest BCUT2D eigenvalue weighted by atomic mass is 35.5. The summed E-state index contributed by atoms with van der Waals surface area (Å²) in [6.07, 6.45) is 3.61. The minimum atomic E-state index is -0.470. The highest BCUT2D eigenvalue weighted by Gasteiger charge is 2.20. The maximum Gasteiger partial charge on any atom is 0.267 e. The summed E-state index contributed by atoms with van der Waals surface area (Å²) < 4.78 is 5.03. The van der Waals surface area contributed by atoms with Gasteiger partial charge in [0.15, 0.2) is 0 Å². The maximum absolute atomic E-state index is 11.9. The Morgan fingerprint density at radius 2 is 2.30 bits per heavy atom. The third-order valence-corrected chi connectivity index (χ3v) is 3.11. The molecule has 2 rings (SSSR count). The fourth-order valence-corrected chi connectivity index (χ4v) is 1.80. The predicted octanol–water partition coefficient (Wildman–Crippen LogP) is 2.45. The van der Waals surface area contributed by atoms with Crippen LogP contribution < -0.4 is 15.4 Å². The zero-order valence-corrected chi connectivity index (χ0v) is 11.7. The Hall–Kier alpha value is -2.19. The second kappa shape index (κ2) is 6.31. The lowest BCUT2D eigenvalue weighted by Gasteiger charge is -2.07. The number of methoxy groups -OCH3 is 1. The molecule has 104 valence electrons. The van der Waals surface area contributed by atoms with E-state index in [-0.39, 0.29) is 5.57 Å². The standard InChI is InChI=1S/C14H14ClN3O2/c1-20-13-5-4-11(6-12(13)15)18-14(19)9(7-16)8-17-10-2-3-10/h4-6,8,10,17H,2-3H2,1H3,(H,18,19)/b9-8-. The van der Waals surface area contributed by atoms with Crippen LogP contribution in [0.3, 0.4) is 0 Å². The number of halogens is 1. The van der Waals surface area contributed by atoms with Crippen LogP contribution in [0.25, 0.3) is 0 Å². The number of anilines is 1. The first-order valence-corrected chi connectivity index (χ1v) is 6.53. The van der Waals surface area contributed by atoms with E-state index < -0.39 is 5.91 Å². The van der Waals surface area contributed by atoms with Crippen LogP contribution >= 0.6 is 11.6 Å².